The van der Waals surface area contributed by atoms with Crippen molar-refractivity contribution in [3.8, 4) is 12.1 Å². The lowest BCUT2D eigenvalue weighted by molar-refractivity contribution is 0.0312. The average molecular weight is 356 g/mol. The molecule has 2 saturated heterocycles. The quantitative estimate of drug-likeness (QED) is 0.534. The van der Waals surface area contributed by atoms with Crippen LogP contribution in [0.15, 0.2) is 27.9 Å². The fourth-order valence-electron chi connectivity index (χ4n) is 3.14. The van der Waals surface area contributed by atoms with Crippen LogP contribution in [0.2, 0.25) is 0 Å². The number of nitrogens with zero attached hydrogens (tertiary/aromatic N) is 4. The maximum atomic E-state index is 9.01. The van der Waals surface area contributed by atoms with Crippen molar-refractivity contribution in [3.05, 3.63) is 35.0 Å². The predicted molar refractivity (Wildman–Crippen MR) is 94.3 cm³/mol. The molecule has 26 heavy (non-hydrogen) atoms. The Hall–Kier alpha value is -2.52. The summed E-state index contributed by atoms with van der Waals surface area (Å²) in [7, 11) is 0. The third kappa shape index (κ3) is 4.77. The second kappa shape index (κ2) is 9.25. The molecule has 0 unspecified atom stereocenters. The van der Waals surface area contributed by atoms with Gasteiger partial charge in [-0.25, -0.2) is 0 Å². The molecule has 8 nitrogen and oxygen atoms in total. The van der Waals surface area contributed by atoms with Gasteiger partial charge in [-0.3, -0.25) is 4.90 Å². The molecular weight excluding hydrogens is 332 g/mol. The van der Waals surface area contributed by atoms with Gasteiger partial charge in [-0.05, 0) is 12.1 Å². The summed E-state index contributed by atoms with van der Waals surface area (Å²) in [6.07, 6.45) is 0. The molecule has 0 saturated carbocycles. The molecule has 8 heteroatoms. The normalized spacial score (nSPS) is 17.6. The number of hydrogen-bond acceptors (Lipinski definition) is 8. The van der Waals surface area contributed by atoms with E-state index in [1.54, 1.807) is 0 Å². The van der Waals surface area contributed by atoms with Gasteiger partial charge in [-0.1, -0.05) is 0 Å². The van der Waals surface area contributed by atoms with Crippen LogP contribution in [0, 0.1) is 22.7 Å². The summed E-state index contributed by atoms with van der Waals surface area (Å²) in [6.45, 7) is 7.98. The Kier molecular flexibility index (Phi) is 6.50. The molecule has 0 aliphatic carbocycles. The molecule has 138 valence electrons. The number of nitriles is 2. The Balaban J connectivity index is 1.41. The van der Waals surface area contributed by atoms with Gasteiger partial charge in [0.2, 0.25) is 0 Å². The first-order valence-corrected chi connectivity index (χ1v) is 8.92. The summed E-state index contributed by atoms with van der Waals surface area (Å²) in [5.41, 5.74) is 0.140. The molecule has 0 bridgehead atoms. The van der Waals surface area contributed by atoms with Crippen LogP contribution >= 0.6 is 0 Å². The fourth-order valence-corrected chi connectivity index (χ4v) is 3.14. The van der Waals surface area contributed by atoms with Crippen LogP contribution < -0.4 is 10.6 Å². The first-order valence-electron chi connectivity index (χ1n) is 8.92. The van der Waals surface area contributed by atoms with Crippen LogP contribution in [0.4, 0.5) is 0 Å². The lowest BCUT2D eigenvalue weighted by atomic mass is 10.3. The number of allylic oxidation sites excluding steroid dienone is 1. The SMILES string of the molecule is N#CC(C#N)=C1NCCN1CCNCc1ccc(CN2CCOCC2)o1. The second-order valence-corrected chi connectivity index (χ2v) is 6.29. The van der Waals surface area contributed by atoms with Crippen molar-refractivity contribution in [1.29, 1.82) is 10.5 Å². The monoisotopic (exact) mass is 356 g/mol. The highest BCUT2D eigenvalue weighted by Crippen LogP contribution is 2.13. The zero-order valence-electron chi connectivity index (χ0n) is 14.8. The van der Waals surface area contributed by atoms with E-state index in [9.17, 15) is 0 Å². The number of morpholine rings is 1. The van der Waals surface area contributed by atoms with Crippen molar-refractivity contribution >= 4 is 0 Å². The van der Waals surface area contributed by atoms with Crippen LogP contribution in [0.25, 0.3) is 0 Å². The number of hydrogen-bond donors (Lipinski definition) is 2. The van der Waals surface area contributed by atoms with Crippen LogP contribution in [0.3, 0.4) is 0 Å². The molecule has 0 aromatic carbocycles. The van der Waals surface area contributed by atoms with Crippen LogP contribution in [-0.4, -0.2) is 62.3 Å². The third-order valence-corrected chi connectivity index (χ3v) is 4.51. The van der Waals surface area contributed by atoms with E-state index >= 15 is 0 Å². The van der Waals surface area contributed by atoms with Crippen molar-refractivity contribution in [2.45, 2.75) is 13.1 Å². The third-order valence-electron chi connectivity index (χ3n) is 4.51. The number of nitrogens with one attached hydrogen (secondary N) is 2. The van der Waals surface area contributed by atoms with Gasteiger partial charge in [0.25, 0.3) is 0 Å². The number of furan rings is 1. The molecule has 1 aromatic heterocycles. The van der Waals surface area contributed by atoms with E-state index in [2.05, 4.69) is 15.5 Å². The van der Waals surface area contributed by atoms with E-state index in [0.29, 0.717) is 12.4 Å². The zero-order chi connectivity index (χ0) is 18.2. The lowest BCUT2D eigenvalue weighted by Gasteiger charge is -2.25. The summed E-state index contributed by atoms with van der Waals surface area (Å²) < 4.78 is 11.2. The molecule has 0 spiro atoms. The molecule has 0 atom stereocenters. The summed E-state index contributed by atoms with van der Waals surface area (Å²) in [5, 5.41) is 24.5. The molecular formula is C18H24N6O2. The Morgan fingerprint density at radius 3 is 2.69 bits per heavy atom. The summed E-state index contributed by atoms with van der Waals surface area (Å²) in [5.74, 6) is 2.53. The highest BCUT2D eigenvalue weighted by molar-refractivity contribution is 5.39. The van der Waals surface area contributed by atoms with Gasteiger partial charge < -0.3 is 24.7 Å². The Bertz CT molecular complexity index is 692. The van der Waals surface area contributed by atoms with E-state index < -0.39 is 0 Å². The minimum absolute atomic E-state index is 0.140. The number of ether oxygens (including phenoxy) is 1. The standard InChI is InChI=1S/C18H24N6O2/c19-11-15(12-20)18-22-4-6-24(18)5-3-21-13-16-1-2-17(26-16)14-23-7-9-25-10-8-23/h1-2,21-22H,3-10,13-14H2. The van der Waals surface area contributed by atoms with Crippen molar-refractivity contribution in [2.24, 2.45) is 0 Å². The van der Waals surface area contributed by atoms with E-state index in [1.807, 2.05) is 29.2 Å². The van der Waals surface area contributed by atoms with Gasteiger partial charge in [0.05, 0.1) is 26.3 Å². The van der Waals surface area contributed by atoms with Crippen molar-refractivity contribution in [3.63, 3.8) is 0 Å². The first-order chi connectivity index (χ1) is 12.8. The maximum Gasteiger partial charge on any atom is 0.169 e. The van der Waals surface area contributed by atoms with Crippen LogP contribution in [-0.2, 0) is 17.8 Å². The Morgan fingerprint density at radius 2 is 1.92 bits per heavy atom. The van der Waals surface area contributed by atoms with Crippen molar-refractivity contribution < 1.29 is 9.15 Å². The Labute approximate surface area is 153 Å². The first kappa shape index (κ1) is 18.3. The minimum Gasteiger partial charge on any atom is -0.463 e. The summed E-state index contributed by atoms with van der Waals surface area (Å²) in [6, 6.07) is 7.93. The van der Waals surface area contributed by atoms with E-state index in [-0.39, 0.29) is 5.57 Å². The van der Waals surface area contributed by atoms with Crippen LogP contribution in [0.1, 0.15) is 11.5 Å². The molecule has 2 fully saturated rings. The second-order valence-electron chi connectivity index (χ2n) is 6.29. The van der Waals surface area contributed by atoms with Gasteiger partial charge in [0.1, 0.15) is 29.5 Å². The van der Waals surface area contributed by atoms with Gasteiger partial charge >= 0.3 is 0 Å². The zero-order valence-corrected chi connectivity index (χ0v) is 14.8. The molecule has 2 aliphatic heterocycles. The Morgan fingerprint density at radius 1 is 1.15 bits per heavy atom. The maximum absolute atomic E-state index is 9.01. The topological polar surface area (TPSA) is 100 Å². The largest absolute Gasteiger partial charge is 0.463 e. The lowest BCUT2D eigenvalue weighted by Crippen LogP contribution is -2.35. The highest BCUT2D eigenvalue weighted by Gasteiger charge is 2.20. The smallest absolute Gasteiger partial charge is 0.169 e. The molecule has 0 amide bonds. The van der Waals surface area contributed by atoms with Gasteiger partial charge in [-0.2, -0.15) is 10.5 Å². The summed E-state index contributed by atoms with van der Waals surface area (Å²) >= 11 is 0. The molecule has 2 N–H and O–H groups in total. The van der Waals surface area contributed by atoms with Gasteiger partial charge in [0, 0.05) is 39.3 Å². The average Bonchev–Trinajstić information content (AvgIpc) is 3.31. The van der Waals surface area contributed by atoms with Gasteiger partial charge in [0.15, 0.2) is 5.57 Å². The summed E-state index contributed by atoms with van der Waals surface area (Å²) in [4.78, 5) is 4.36. The van der Waals surface area contributed by atoms with Gasteiger partial charge in [-0.15, -0.1) is 0 Å². The minimum atomic E-state index is 0.140. The molecule has 2 aliphatic rings. The van der Waals surface area contributed by atoms with Crippen LogP contribution in [0.5, 0.6) is 0 Å². The van der Waals surface area contributed by atoms with E-state index in [0.717, 1.165) is 70.5 Å². The highest BCUT2D eigenvalue weighted by atomic mass is 16.5. The van der Waals surface area contributed by atoms with E-state index in [1.165, 1.54) is 0 Å². The van der Waals surface area contributed by atoms with E-state index in [4.69, 9.17) is 19.7 Å². The fraction of sp³-hybridized carbons (Fsp3) is 0.556. The van der Waals surface area contributed by atoms with Crippen molar-refractivity contribution in [2.75, 3.05) is 52.5 Å². The van der Waals surface area contributed by atoms with Crippen molar-refractivity contribution in [1.82, 2.24) is 20.4 Å². The predicted octanol–water partition coefficient (Wildman–Crippen LogP) is 0.365. The molecule has 3 rings (SSSR count). The number of rotatable bonds is 7. The molecule has 3 heterocycles. The molecule has 0 radical (unpaired) electrons. The molecule has 1 aromatic rings.